The quantitative estimate of drug-likeness (QED) is 0.768. The van der Waals surface area contributed by atoms with E-state index < -0.39 is 11.6 Å². The van der Waals surface area contributed by atoms with Gasteiger partial charge in [0.15, 0.2) is 0 Å². The van der Waals surface area contributed by atoms with Crippen molar-refractivity contribution in [3.8, 4) is 11.3 Å². The molecule has 138 valence electrons. The Morgan fingerprint density at radius 2 is 2.07 bits per heavy atom. The van der Waals surface area contributed by atoms with Crippen LogP contribution in [-0.4, -0.2) is 16.4 Å². The molecule has 3 heterocycles. The number of hydrogen-bond donors (Lipinski definition) is 3. The third kappa shape index (κ3) is 3.12. The van der Waals surface area contributed by atoms with Crippen molar-refractivity contribution in [3.63, 3.8) is 0 Å². The number of aryl methyl sites for hydroxylation is 1. The van der Waals surface area contributed by atoms with E-state index >= 15 is 0 Å². The van der Waals surface area contributed by atoms with Crippen LogP contribution in [0.2, 0.25) is 0 Å². The summed E-state index contributed by atoms with van der Waals surface area (Å²) in [6, 6.07) is 5.09. The molecule has 0 aliphatic carbocycles. The van der Waals surface area contributed by atoms with Crippen molar-refractivity contribution in [2.24, 2.45) is 0 Å². The van der Waals surface area contributed by atoms with Gasteiger partial charge in [0.25, 0.3) is 0 Å². The second kappa shape index (κ2) is 6.75. The number of halogens is 2. The fourth-order valence-electron chi connectivity index (χ4n) is 3.10. The molecule has 1 aromatic carbocycles. The maximum atomic E-state index is 14.1. The number of allylic oxidation sites excluding steroid dienone is 1. The largest absolute Gasteiger partial charge is 0.353 e. The molecule has 2 aliphatic rings. The number of anilines is 1. The molecule has 0 radical (unpaired) electrons. The lowest BCUT2D eigenvalue weighted by Crippen LogP contribution is -2.27. The number of nitrogens with one attached hydrogen (secondary N) is 3. The molecule has 7 heteroatoms. The number of aromatic nitrogens is 1. The molecule has 2 aliphatic heterocycles. The Balaban J connectivity index is 1.70. The Bertz CT molecular complexity index is 994. The highest BCUT2D eigenvalue weighted by atomic mass is 19.1. The van der Waals surface area contributed by atoms with E-state index in [1.807, 2.05) is 25.4 Å². The van der Waals surface area contributed by atoms with Crippen molar-refractivity contribution in [3.05, 3.63) is 83.2 Å². The van der Waals surface area contributed by atoms with Gasteiger partial charge in [-0.3, -0.25) is 10.4 Å². The van der Waals surface area contributed by atoms with Gasteiger partial charge in [0.2, 0.25) is 0 Å². The molecule has 0 bridgehead atoms. The monoisotopic (exact) mass is 367 g/mol. The average molecular weight is 367 g/mol. The van der Waals surface area contributed by atoms with E-state index in [0.29, 0.717) is 5.69 Å². The third-order valence-electron chi connectivity index (χ3n) is 4.58. The minimum atomic E-state index is -0.510. The first-order valence-corrected chi connectivity index (χ1v) is 8.67. The molecule has 0 saturated heterocycles. The number of benzene rings is 1. The number of hydrazine groups is 1. The van der Waals surface area contributed by atoms with E-state index in [-0.39, 0.29) is 5.56 Å². The third-order valence-corrected chi connectivity index (χ3v) is 4.58. The first-order chi connectivity index (χ1) is 13.1. The summed E-state index contributed by atoms with van der Waals surface area (Å²) in [5.41, 5.74) is 11.1. The maximum Gasteiger partial charge on any atom is 0.132 e. The molecule has 5 nitrogen and oxygen atoms in total. The number of hydrogen-bond acceptors (Lipinski definition) is 5. The van der Waals surface area contributed by atoms with Gasteiger partial charge < -0.3 is 15.6 Å². The number of pyridine rings is 1. The number of fused-ring (bicyclic) bond motifs is 1. The van der Waals surface area contributed by atoms with E-state index in [0.717, 1.165) is 53.1 Å². The molecular weight excluding hydrogens is 348 g/mol. The Kier molecular flexibility index (Phi) is 4.27. The molecule has 0 unspecified atom stereocenters. The zero-order valence-electron chi connectivity index (χ0n) is 15.0. The SMILES string of the molecule is CCN1C=CC(Nc2cc(-c3cc(F)ccc3F)ncc2C)=C2NNC=C21. The number of rotatable bonds is 4. The van der Waals surface area contributed by atoms with Gasteiger partial charge in [0, 0.05) is 36.4 Å². The van der Waals surface area contributed by atoms with Crippen molar-refractivity contribution >= 4 is 5.69 Å². The van der Waals surface area contributed by atoms with Gasteiger partial charge in [0.05, 0.1) is 17.1 Å². The van der Waals surface area contributed by atoms with Crippen molar-refractivity contribution < 1.29 is 8.78 Å². The Morgan fingerprint density at radius 1 is 1.22 bits per heavy atom. The highest BCUT2D eigenvalue weighted by molar-refractivity contribution is 5.69. The summed E-state index contributed by atoms with van der Waals surface area (Å²) in [6.45, 7) is 4.83. The lowest BCUT2D eigenvalue weighted by atomic mass is 10.1. The molecule has 2 aromatic rings. The van der Waals surface area contributed by atoms with E-state index in [1.54, 1.807) is 12.3 Å². The standard InChI is InChI=1S/C20H19F2N5/c1-3-27-7-6-16(20-19(27)11-24-26-20)25-17-9-18(23-10-12(17)2)14-8-13(21)4-5-15(14)22/h4-11,24,26H,3H2,1-2H3,(H,23,25). The van der Waals surface area contributed by atoms with Gasteiger partial charge in [-0.2, -0.15) is 0 Å². The van der Waals surface area contributed by atoms with Crippen LogP contribution < -0.4 is 16.2 Å². The molecule has 1 aromatic heterocycles. The van der Waals surface area contributed by atoms with Crippen LogP contribution in [0.1, 0.15) is 12.5 Å². The Morgan fingerprint density at radius 3 is 2.89 bits per heavy atom. The first kappa shape index (κ1) is 17.1. The Labute approximate surface area is 156 Å². The van der Waals surface area contributed by atoms with E-state index in [2.05, 4.69) is 33.0 Å². The molecule has 0 amide bonds. The smallest absolute Gasteiger partial charge is 0.132 e. The van der Waals surface area contributed by atoms with Crippen LogP contribution in [0.5, 0.6) is 0 Å². The fraction of sp³-hybridized carbons (Fsp3) is 0.150. The summed E-state index contributed by atoms with van der Waals surface area (Å²) in [5.74, 6) is -1.01. The van der Waals surface area contributed by atoms with E-state index in [1.165, 1.54) is 0 Å². The number of likely N-dealkylation sites (N-methyl/N-ethyl adjacent to an activating group) is 1. The molecule has 0 fully saturated rings. The van der Waals surface area contributed by atoms with Gasteiger partial charge in [-0.05, 0) is 49.8 Å². The molecule has 0 saturated carbocycles. The minimum Gasteiger partial charge on any atom is -0.353 e. The van der Waals surface area contributed by atoms with Crippen molar-refractivity contribution in [2.45, 2.75) is 13.8 Å². The van der Waals surface area contributed by atoms with Gasteiger partial charge >= 0.3 is 0 Å². The normalized spacial score (nSPS) is 15.3. The summed E-state index contributed by atoms with van der Waals surface area (Å²) in [7, 11) is 0. The predicted octanol–water partition coefficient (Wildman–Crippen LogP) is 3.76. The lowest BCUT2D eigenvalue weighted by molar-refractivity contribution is 0.492. The predicted molar refractivity (Wildman–Crippen MR) is 101 cm³/mol. The van der Waals surface area contributed by atoms with E-state index in [9.17, 15) is 8.78 Å². The van der Waals surface area contributed by atoms with E-state index in [4.69, 9.17) is 0 Å². The zero-order chi connectivity index (χ0) is 19.0. The molecule has 0 atom stereocenters. The second-order valence-electron chi connectivity index (χ2n) is 6.32. The number of nitrogens with zero attached hydrogens (tertiary/aromatic N) is 2. The van der Waals surface area contributed by atoms with Crippen LogP contribution in [0.3, 0.4) is 0 Å². The van der Waals surface area contributed by atoms with Crippen LogP contribution in [-0.2, 0) is 0 Å². The summed E-state index contributed by atoms with van der Waals surface area (Å²) in [6.07, 6.45) is 7.51. The van der Waals surface area contributed by atoms with Crippen LogP contribution in [0.15, 0.2) is 66.0 Å². The Hall–Kier alpha value is -3.35. The molecule has 27 heavy (non-hydrogen) atoms. The molecule has 4 rings (SSSR count). The summed E-state index contributed by atoms with van der Waals surface area (Å²) in [5, 5.41) is 3.38. The summed E-state index contributed by atoms with van der Waals surface area (Å²) < 4.78 is 27.7. The minimum absolute atomic E-state index is 0.133. The van der Waals surface area contributed by atoms with Gasteiger partial charge in [-0.15, -0.1) is 0 Å². The van der Waals surface area contributed by atoms with Gasteiger partial charge in [-0.25, -0.2) is 8.78 Å². The highest BCUT2D eigenvalue weighted by Gasteiger charge is 2.23. The zero-order valence-corrected chi connectivity index (χ0v) is 15.0. The van der Waals surface area contributed by atoms with Crippen LogP contribution in [0.25, 0.3) is 11.3 Å². The molecule has 0 spiro atoms. The lowest BCUT2D eigenvalue weighted by Gasteiger charge is -2.26. The summed E-state index contributed by atoms with van der Waals surface area (Å²) in [4.78, 5) is 6.38. The highest BCUT2D eigenvalue weighted by Crippen LogP contribution is 2.30. The van der Waals surface area contributed by atoms with Crippen LogP contribution in [0, 0.1) is 18.6 Å². The molecule has 3 N–H and O–H groups in total. The van der Waals surface area contributed by atoms with Crippen molar-refractivity contribution in [1.29, 1.82) is 0 Å². The maximum absolute atomic E-state index is 14.1. The fourth-order valence-corrected chi connectivity index (χ4v) is 3.10. The second-order valence-corrected chi connectivity index (χ2v) is 6.32. The van der Waals surface area contributed by atoms with Crippen molar-refractivity contribution in [1.82, 2.24) is 20.7 Å². The molecular formula is C20H19F2N5. The van der Waals surface area contributed by atoms with Crippen LogP contribution >= 0.6 is 0 Å². The summed E-state index contributed by atoms with van der Waals surface area (Å²) >= 11 is 0. The van der Waals surface area contributed by atoms with Crippen molar-refractivity contribution in [2.75, 3.05) is 11.9 Å². The average Bonchev–Trinajstić information content (AvgIpc) is 3.16. The topological polar surface area (TPSA) is 52.2 Å². The van der Waals surface area contributed by atoms with Gasteiger partial charge in [-0.1, -0.05) is 0 Å². The first-order valence-electron chi connectivity index (χ1n) is 8.67. The van der Waals surface area contributed by atoms with Gasteiger partial charge in [0.1, 0.15) is 17.3 Å². The van der Waals surface area contributed by atoms with Crippen LogP contribution in [0.4, 0.5) is 14.5 Å².